The Labute approximate surface area is 141 Å². The first-order valence-corrected chi connectivity index (χ1v) is 7.70. The van der Waals surface area contributed by atoms with Crippen molar-refractivity contribution in [1.82, 2.24) is 5.32 Å². The molecule has 0 unspecified atom stereocenters. The number of non-ortho nitro benzene ring substituents is 1. The molecular weight excluding hydrogens is 347 g/mol. The van der Waals surface area contributed by atoms with Crippen LogP contribution in [0.15, 0.2) is 18.2 Å². The number of thiocarbonyl (C=S) groups is 1. The summed E-state index contributed by atoms with van der Waals surface area (Å²) in [5, 5.41) is 17.0. The normalized spacial score (nSPS) is 15.1. The summed E-state index contributed by atoms with van der Waals surface area (Å²) in [4.78, 5) is 10.2. The zero-order valence-corrected chi connectivity index (χ0v) is 13.4. The van der Waals surface area contributed by atoms with Gasteiger partial charge in [-0.2, -0.15) is 13.2 Å². The van der Waals surface area contributed by atoms with E-state index in [1.54, 1.807) is 0 Å². The van der Waals surface area contributed by atoms with E-state index in [1.165, 1.54) is 12.1 Å². The van der Waals surface area contributed by atoms with E-state index in [4.69, 9.17) is 12.2 Å². The number of hydrogen-bond donors (Lipinski definition) is 2. The molecule has 0 aliphatic heterocycles. The minimum atomic E-state index is -4.53. The van der Waals surface area contributed by atoms with Crippen molar-refractivity contribution < 1.29 is 22.8 Å². The van der Waals surface area contributed by atoms with Gasteiger partial charge in [-0.1, -0.05) is 12.8 Å². The van der Waals surface area contributed by atoms with Crippen molar-refractivity contribution in [1.29, 1.82) is 0 Å². The average molecular weight is 363 g/mol. The van der Waals surface area contributed by atoms with E-state index in [1.807, 2.05) is 0 Å². The third-order valence-electron chi connectivity index (χ3n) is 3.45. The molecule has 1 aliphatic rings. The van der Waals surface area contributed by atoms with Gasteiger partial charge >= 0.3 is 6.18 Å². The molecule has 0 spiro atoms. The molecule has 0 radical (unpaired) electrons. The Morgan fingerprint density at radius 2 is 2.00 bits per heavy atom. The van der Waals surface area contributed by atoms with Gasteiger partial charge in [0.05, 0.1) is 16.7 Å². The third kappa shape index (κ3) is 5.84. The Kier molecular flexibility index (Phi) is 5.81. The Bertz CT molecular complexity index is 619. The van der Waals surface area contributed by atoms with Crippen LogP contribution >= 0.6 is 12.2 Å². The maximum absolute atomic E-state index is 12.2. The highest BCUT2D eigenvalue weighted by Crippen LogP contribution is 2.28. The lowest BCUT2D eigenvalue weighted by Gasteiger charge is -2.16. The Morgan fingerprint density at radius 1 is 1.33 bits per heavy atom. The van der Waals surface area contributed by atoms with Crippen LogP contribution in [0.5, 0.6) is 5.75 Å². The Morgan fingerprint density at radius 3 is 2.58 bits per heavy atom. The van der Waals surface area contributed by atoms with Crippen molar-refractivity contribution in [3.8, 4) is 5.75 Å². The molecule has 0 heterocycles. The van der Waals surface area contributed by atoms with Gasteiger partial charge in [-0.05, 0) is 25.1 Å². The molecule has 1 fully saturated rings. The van der Waals surface area contributed by atoms with Gasteiger partial charge in [-0.3, -0.25) is 10.1 Å². The lowest BCUT2D eigenvalue weighted by atomic mass is 10.2. The SMILES string of the molecule is O=[N+]([O-])c1cc(NC(=S)NC2CCCC2)cc(OCC(F)(F)F)c1. The van der Waals surface area contributed by atoms with Gasteiger partial charge < -0.3 is 15.4 Å². The molecule has 24 heavy (non-hydrogen) atoms. The highest BCUT2D eigenvalue weighted by atomic mass is 32.1. The van der Waals surface area contributed by atoms with Gasteiger partial charge in [0.2, 0.25) is 0 Å². The van der Waals surface area contributed by atoms with Crippen LogP contribution < -0.4 is 15.4 Å². The molecule has 0 amide bonds. The van der Waals surface area contributed by atoms with Gasteiger partial charge in [-0.15, -0.1) is 0 Å². The zero-order chi connectivity index (χ0) is 17.7. The first-order valence-electron chi connectivity index (χ1n) is 7.29. The maximum atomic E-state index is 12.2. The maximum Gasteiger partial charge on any atom is 0.422 e. The molecule has 132 valence electrons. The first kappa shape index (κ1) is 18.2. The van der Waals surface area contributed by atoms with Crippen molar-refractivity contribution in [3.05, 3.63) is 28.3 Å². The van der Waals surface area contributed by atoms with E-state index in [0.29, 0.717) is 0 Å². The number of hydrogen-bond acceptors (Lipinski definition) is 4. The van der Waals surface area contributed by atoms with Crippen LogP contribution in [-0.4, -0.2) is 28.9 Å². The number of benzene rings is 1. The predicted molar refractivity (Wildman–Crippen MR) is 86.3 cm³/mol. The number of nitro groups is 1. The largest absolute Gasteiger partial charge is 0.484 e. The predicted octanol–water partition coefficient (Wildman–Crippen LogP) is 3.76. The molecule has 0 atom stereocenters. The van der Waals surface area contributed by atoms with Gasteiger partial charge in [0.15, 0.2) is 11.7 Å². The van der Waals surface area contributed by atoms with Gasteiger partial charge in [0.25, 0.3) is 5.69 Å². The van der Waals surface area contributed by atoms with Gasteiger partial charge in [0, 0.05) is 18.2 Å². The van der Waals surface area contributed by atoms with E-state index < -0.39 is 17.7 Å². The second kappa shape index (κ2) is 7.65. The minimum Gasteiger partial charge on any atom is -0.484 e. The van der Waals surface area contributed by atoms with Crippen LogP contribution in [0.1, 0.15) is 25.7 Å². The van der Waals surface area contributed by atoms with E-state index in [0.717, 1.165) is 31.7 Å². The van der Waals surface area contributed by atoms with Crippen molar-refractivity contribution >= 4 is 28.7 Å². The number of alkyl halides is 3. The van der Waals surface area contributed by atoms with Crippen molar-refractivity contribution in [2.75, 3.05) is 11.9 Å². The van der Waals surface area contributed by atoms with E-state index >= 15 is 0 Å². The summed E-state index contributed by atoms with van der Waals surface area (Å²) in [6, 6.07) is 3.60. The van der Waals surface area contributed by atoms with Crippen LogP contribution in [0.3, 0.4) is 0 Å². The fourth-order valence-electron chi connectivity index (χ4n) is 2.43. The highest BCUT2D eigenvalue weighted by molar-refractivity contribution is 7.80. The Hall–Kier alpha value is -2.10. The second-order valence-electron chi connectivity index (χ2n) is 5.46. The molecule has 0 saturated heterocycles. The van der Waals surface area contributed by atoms with Gasteiger partial charge in [0.1, 0.15) is 5.75 Å². The smallest absolute Gasteiger partial charge is 0.422 e. The minimum absolute atomic E-state index is 0.192. The number of nitro benzene ring substituents is 1. The van der Waals surface area contributed by atoms with Crippen LogP contribution in [0.2, 0.25) is 0 Å². The van der Waals surface area contributed by atoms with E-state index in [-0.39, 0.29) is 28.3 Å². The van der Waals surface area contributed by atoms with Crippen LogP contribution in [0, 0.1) is 10.1 Å². The van der Waals surface area contributed by atoms with Crippen LogP contribution in [0.25, 0.3) is 0 Å². The number of ether oxygens (including phenoxy) is 1. The van der Waals surface area contributed by atoms with Crippen molar-refractivity contribution in [2.45, 2.75) is 37.9 Å². The Balaban J connectivity index is 2.07. The molecule has 2 N–H and O–H groups in total. The summed E-state index contributed by atoms with van der Waals surface area (Å²) in [6.45, 7) is -1.53. The summed E-state index contributed by atoms with van der Waals surface area (Å²) in [5.74, 6) is -0.257. The standard InChI is InChI=1S/C14H16F3N3O3S/c15-14(16,17)8-23-12-6-10(5-11(7-12)20(21)22)19-13(24)18-9-3-1-2-4-9/h5-7,9H,1-4,8H2,(H2,18,19,24). The summed E-state index contributed by atoms with van der Waals surface area (Å²) >= 11 is 5.14. The van der Waals surface area contributed by atoms with Crippen molar-refractivity contribution in [2.24, 2.45) is 0 Å². The summed E-state index contributed by atoms with van der Waals surface area (Å²) in [7, 11) is 0. The third-order valence-corrected chi connectivity index (χ3v) is 3.67. The van der Waals surface area contributed by atoms with E-state index in [2.05, 4.69) is 15.4 Å². The lowest BCUT2D eigenvalue weighted by molar-refractivity contribution is -0.384. The summed E-state index contributed by atoms with van der Waals surface area (Å²) in [5.41, 5.74) is -0.197. The highest BCUT2D eigenvalue weighted by Gasteiger charge is 2.28. The molecule has 1 aromatic carbocycles. The molecule has 10 heteroatoms. The fraction of sp³-hybridized carbons (Fsp3) is 0.500. The molecular formula is C14H16F3N3O3S. The molecule has 6 nitrogen and oxygen atoms in total. The number of anilines is 1. The zero-order valence-electron chi connectivity index (χ0n) is 12.6. The summed E-state index contributed by atoms with van der Waals surface area (Å²) < 4.78 is 41.3. The molecule has 2 rings (SSSR count). The molecule has 1 aromatic rings. The molecule has 1 aliphatic carbocycles. The number of halogens is 3. The monoisotopic (exact) mass is 363 g/mol. The molecule has 0 bridgehead atoms. The van der Waals surface area contributed by atoms with E-state index in [9.17, 15) is 23.3 Å². The number of nitrogens with one attached hydrogen (secondary N) is 2. The fourth-order valence-corrected chi connectivity index (χ4v) is 2.72. The average Bonchev–Trinajstić information content (AvgIpc) is 2.96. The first-order chi connectivity index (χ1) is 11.2. The van der Waals surface area contributed by atoms with Crippen LogP contribution in [0.4, 0.5) is 24.5 Å². The lowest BCUT2D eigenvalue weighted by Crippen LogP contribution is -2.35. The van der Waals surface area contributed by atoms with Crippen LogP contribution in [-0.2, 0) is 0 Å². The van der Waals surface area contributed by atoms with Crippen molar-refractivity contribution in [3.63, 3.8) is 0 Å². The summed E-state index contributed by atoms with van der Waals surface area (Å²) in [6.07, 6.45) is -0.357. The number of rotatable bonds is 5. The second-order valence-corrected chi connectivity index (χ2v) is 5.86. The number of nitrogens with zero attached hydrogens (tertiary/aromatic N) is 1. The molecule has 0 aromatic heterocycles. The topological polar surface area (TPSA) is 76.4 Å². The molecule has 1 saturated carbocycles. The quantitative estimate of drug-likeness (QED) is 0.471. The van der Waals surface area contributed by atoms with Gasteiger partial charge in [-0.25, -0.2) is 0 Å².